The molecule has 0 atom stereocenters. The molecule has 6 heteroatoms. The molecule has 1 aliphatic rings. The Bertz CT molecular complexity index is 619. The van der Waals surface area contributed by atoms with E-state index in [1.165, 1.54) is 32.1 Å². The van der Waals surface area contributed by atoms with E-state index in [0.29, 0.717) is 30.3 Å². The molecule has 2 aromatic rings. The fourth-order valence-electron chi connectivity index (χ4n) is 2.84. The van der Waals surface area contributed by atoms with Gasteiger partial charge in [-0.2, -0.15) is 15.4 Å². The van der Waals surface area contributed by atoms with Gasteiger partial charge in [-0.1, -0.05) is 19.3 Å². The van der Waals surface area contributed by atoms with E-state index in [0.717, 1.165) is 11.9 Å². The minimum Gasteiger partial charge on any atom is -0.378 e. The maximum absolute atomic E-state index is 12.1. The predicted molar refractivity (Wildman–Crippen MR) is 83.7 cm³/mol. The van der Waals surface area contributed by atoms with Crippen LogP contribution >= 0.6 is 0 Å². The number of nitrogens with zero attached hydrogens (tertiary/aromatic N) is 2. The van der Waals surface area contributed by atoms with Crippen LogP contribution in [0, 0.1) is 0 Å². The van der Waals surface area contributed by atoms with Gasteiger partial charge in [-0.05, 0) is 37.5 Å². The number of fused-ring (bicyclic) bond motifs is 1. The summed E-state index contributed by atoms with van der Waals surface area (Å²) in [5.41, 5.74) is 2.07. The first-order valence-electron chi connectivity index (χ1n) is 8.03. The standard InChI is InChI=1S/C16H22N4O2/c21-16(12-7-8-14-15(11-12)19-20-18-14)17-9-4-10-22-13-5-2-1-3-6-13/h7-8,11,13H,1-6,9-10H2,(H,17,21)(H,18,19,20). The van der Waals surface area contributed by atoms with Crippen LogP contribution in [0.15, 0.2) is 18.2 Å². The van der Waals surface area contributed by atoms with Crippen LogP contribution in [-0.4, -0.2) is 40.6 Å². The Morgan fingerprint density at radius 1 is 1.23 bits per heavy atom. The van der Waals surface area contributed by atoms with E-state index in [1.807, 2.05) is 0 Å². The molecule has 118 valence electrons. The summed E-state index contributed by atoms with van der Waals surface area (Å²) in [7, 11) is 0. The van der Waals surface area contributed by atoms with Crippen molar-refractivity contribution in [1.29, 1.82) is 0 Å². The minimum absolute atomic E-state index is 0.0810. The number of hydrogen-bond donors (Lipinski definition) is 2. The average Bonchev–Trinajstić information content (AvgIpc) is 3.03. The Balaban J connectivity index is 1.38. The second kappa shape index (κ2) is 7.35. The average molecular weight is 302 g/mol. The van der Waals surface area contributed by atoms with Gasteiger partial charge in [-0.3, -0.25) is 4.79 Å². The van der Waals surface area contributed by atoms with Crippen molar-refractivity contribution in [3.05, 3.63) is 23.8 Å². The van der Waals surface area contributed by atoms with E-state index in [2.05, 4.69) is 20.7 Å². The SMILES string of the molecule is O=C(NCCCOC1CCCCC1)c1ccc2n[nH]nc2c1. The van der Waals surface area contributed by atoms with Gasteiger partial charge < -0.3 is 10.1 Å². The molecule has 6 nitrogen and oxygen atoms in total. The number of ether oxygens (including phenoxy) is 1. The summed E-state index contributed by atoms with van der Waals surface area (Å²) in [6.45, 7) is 1.34. The molecule has 1 aliphatic carbocycles. The number of benzene rings is 1. The summed E-state index contributed by atoms with van der Waals surface area (Å²) in [5, 5.41) is 13.4. The van der Waals surface area contributed by atoms with Gasteiger partial charge in [-0.25, -0.2) is 0 Å². The summed E-state index contributed by atoms with van der Waals surface area (Å²) in [6, 6.07) is 5.30. The number of nitrogens with one attached hydrogen (secondary N) is 2. The zero-order valence-corrected chi connectivity index (χ0v) is 12.7. The molecule has 2 N–H and O–H groups in total. The molecule has 0 bridgehead atoms. The monoisotopic (exact) mass is 302 g/mol. The maximum Gasteiger partial charge on any atom is 0.251 e. The lowest BCUT2D eigenvalue weighted by Crippen LogP contribution is -2.26. The lowest BCUT2D eigenvalue weighted by molar-refractivity contribution is 0.0273. The number of amides is 1. The van der Waals surface area contributed by atoms with Crippen LogP contribution in [0.25, 0.3) is 11.0 Å². The fourth-order valence-corrected chi connectivity index (χ4v) is 2.84. The van der Waals surface area contributed by atoms with Crippen molar-refractivity contribution in [2.24, 2.45) is 0 Å². The Morgan fingerprint density at radius 2 is 2.05 bits per heavy atom. The van der Waals surface area contributed by atoms with E-state index < -0.39 is 0 Å². The number of carbonyl (C=O) groups is 1. The van der Waals surface area contributed by atoms with E-state index in [9.17, 15) is 4.79 Å². The molecule has 0 aliphatic heterocycles. The Morgan fingerprint density at radius 3 is 2.91 bits per heavy atom. The zero-order chi connectivity index (χ0) is 15.2. The topological polar surface area (TPSA) is 79.9 Å². The van der Waals surface area contributed by atoms with Crippen molar-refractivity contribution in [2.45, 2.75) is 44.6 Å². The van der Waals surface area contributed by atoms with Crippen LogP contribution in [-0.2, 0) is 4.74 Å². The number of rotatable bonds is 6. The fraction of sp³-hybridized carbons (Fsp3) is 0.562. The first-order valence-corrected chi connectivity index (χ1v) is 8.03. The molecule has 0 unspecified atom stereocenters. The number of aromatic amines is 1. The summed E-state index contributed by atoms with van der Waals surface area (Å²) < 4.78 is 5.84. The second-order valence-corrected chi connectivity index (χ2v) is 5.77. The van der Waals surface area contributed by atoms with Gasteiger partial charge in [-0.15, -0.1) is 0 Å². The first kappa shape index (κ1) is 15.0. The highest BCUT2D eigenvalue weighted by Gasteiger charge is 2.13. The van der Waals surface area contributed by atoms with Crippen LogP contribution in [0.5, 0.6) is 0 Å². The van der Waals surface area contributed by atoms with Crippen molar-refractivity contribution in [3.8, 4) is 0 Å². The van der Waals surface area contributed by atoms with Crippen molar-refractivity contribution in [2.75, 3.05) is 13.2 Å². The Hall–Kier alpha value is -1.95. The van der Waals surface area contributed by atoms with E-state index in [1.54, 1.807) is 18.2 Å². The van der Waals surface area contributed by atoms with Gasteiger partial charge in [0.05, 0.1) is 6.10 Å². The van der Waals surface area contributed by atoms with Crippen LogP contribution in [0.4, 0.5) is 0 Å². The molecular weight excluding hydrogens is 280 g/mol. The molecule has 0 spiro atoms. The second-order valence-electron chi connectivity index (χ2n) is 5.77. The first-order chi connectivity index (χ1) is 10.8. The van der Waals surface area contributed by atoms with Crippen LogP contribution in [0.2, 0.25) is 0 Å². The normalized spacial score (nSPS) is 16.0. The van der Waals surface area contributed by atoms with Crippen LogP contribution < -0.4 is 5.32 Å². The highest BCUT2D eigenvalue weighted by atomic mass is 16.5. The van der Waals surface area contributed by atoms with Gasteiger partial charge in [0.25, 0.3) is 5.91 Å². The summed E-state index contributed by atoms with van der Waals surface area (Å²) in [4.78, 5) is 12.1. The molecule has 1 aromatic carbocycles. The molecular formula is C16H22N4O2. The Labute approximate surface area is 129 Å². The molecule has 1 aromatic heterocycles. The quantitative estimate of drug-likeness (QED) is 0.803. The lowest BCUT2D eigenvalue weighted by atomic mass is 9.98. The number of hydrogen-bond acceptors (Lipinski definition) is 4. The molecule has 3 rings (SSSR count). The van der Waals surface area contributed by atoms with Crippen molar-refractivity contribution in [1.82, 2.24) is 20.7 Å². The van der Waals surface area contributed by atoms with Crippen molar-refractivity contribution >= 4 is 16.9 Å². The molecule has 22 heavy (non-hydrogen) atoms. The third kappa shape index (κ3) is 3.82. The van der Waals surface area contributed by atoms with Gasteiger partial charge in [0.1, 0.15) is 11.0 Å². The summed E-state index contributed by atoms with van der Waals surface area (Å²) in [5.74, 6) is -0.0810. The number of carbonyl (C=O) groups excluding carboxylic acids is 1. The Kier molecular flexibility index (Phi) is 5.00. The van der Waals surface area contributed by atoms with Crippen LogP contribution in [0.3, 0.4) is 0 Å². The largest absolute Gasteiger partial charge is 0.378 e. The molecule has 0 saturated heterocycles. The van der Waals surface area contributed by atoms with E-state index in [-0.39, 0.29) is 5.91 Å². The van der Waals surface area contributed by atoms with Gasteiger partial charge in [0, 0.05) is 18.7 Å². The minimum atomic E-state index is -0.0810. The van der Waals surface area contributed by atoms with Gasteiger partial charge >= 0.3 is 0 Å². The molecule has 1 saturated carbocycles. The third-order valence-corrected chi connectivity index (χ3v) is 4.09. The molecule has 1 heterocycles. The molecule has 1 amide bonds. The number of H-pyrrole nitrogens is 1. The zero-order valence-electron chi connectivity index (χ0n) is 12.7. The van der Waals surface area contributed by atoms with Crippen molar-refractivity contribution < 1.29 is 9.53 Å². The summed E-state index contributed by atoms with van der Waals surface area (Å²) >= 11 is 0. The smallest absolute Gasteiger partial charge is 0.251 e. The number of aromatic nitrogens is 3. The third-order valence-electron chi connectivity index (χ3n) is 4.09. The summed E-state index contributed by atoms with van der Waals surface area (Å²) in [6.07, 6.45) is 7.55. The maximum atomic E-state index is 12.1. The molecule has 0 radical (unpaired) electrons. The van der Waals surface area contributed by atoms with Crippen LogP contribution in [0.1, 0.15) is 48.9 Å². The molecule has 1 fully saturated rings. The van der Waals surface area contributed by atoms with E-state index in [4.69, 9.17) is 4.74 Å². The highest BCUT2D eigenvalue weighted by molar-refractivity contribution is 5.97. The van der Waals surface area contributed by atoms with Crippen molar-refractivity contribution in [3.63, 3.8) is 0 Å². The van der Waals surface area contributed by atoms with Gasteiger partial charge in [0.2, 0.25) is 0 Å². The van der Waals surface area contributed by atoms with E-state index >= 15 is 0 Å². The predicted octanol–water partition coefficient (Wildman–Crippen LogP) is 2.43. The lowest BCUT2D eigenvalue weighted by Gasteiger charge is -2.21. The highest BCUT2D eigenvalue weighted by Crippen LogP contribution is 2.20. The van der Waals surface area contributed by atoms with Gasteiger partial charge in [0.15, 0.2) is 0 Å².